The van der Waals surface area contributed by atoms with Gasteiger partial charge in [-0.3, -0.25) is 0 Å². The SMILES string of the molecule is CCNc1nc(-c2cc(OC)cc(OC)c2)nc(C)c1C. The zero-order chi connectivity index (χ0) is 15.4. The number of hydrogen-bond donors (Lipinski definition) is 1. The zero-order valence-electron chi connectivity index (χ0n) is 13.2. The van der Waals surface area contributed by atoms with Crippen LogP contribution in [0.4, 0.5) is 5.82 Å². The van der Waals surface area contributed by atoms with Crippen molar-refractivity contribution in [2.45, 2.75) is 20.8 Å². The van der Waals surface area contributed by atoms with Crippen molar-refractivity contribution in [3.8, 4) is 22.9 Å². The van der Waals surface area contributed by atoms with Crippen LogP contribution in [0.5, 0.6) is 11.5 Å². The van der Waals surface area contributed by atoms with Gasteiger partial charge in [0.05, 0.1) is 14.2 Å². The summed E-state index contributed by atoms with van der Waals surface area (Å²) < 4.78 is 10.6. The number of aromatic nitrogens is 2. The first kappa shape index (κ1) is 15.1. The summed E-state index contributed by atoms with van der Waals surface area (Å²) in [4.78, 5) is 9.19. The molecule has 0 saturated carbocycles. The first-order valence-corrected chi connectivity index (χ1v) is 6.91. The summed E-state index contributed by atoms with van der Waals surface area (Å²) in [6, 6.07) is 5.64. The van der Waals surface area contributed by atoms with Crippen LogP contribution in [-0.2, 0) is 0 Å². The van der Waals surface area contributed by atoms with Crippen LogP contribution < -0.4 is 14.8 Å². The molecule has 0 aliphatic carbocycles. The number of nitrogens with zero attached hydrogens (tertiary/aromatic N) is 2. The number of aryl methyl sites for hydroxylation is 1. The summed E-state index contributed by atoms with van der Waals surface area (Å²) in [6.07, 6.45) is 0. The van der Waals surface area contributed by atoms with Crippen molar-refractivity contribution >= 4 is 5.82 Å². The molecule has 2 aromatic rings. The Bertz CT molecular complexity index is 619. The maximum Gasteiger partial charge on any atom is 0.162 e. The molecular weight excluding hydrogens is 266 g/mol. The minimum Gasteiger partial charge on any atom is -0.497 e. The van der Waals surface area contributed by atoms with Crippen molar-refractivity contribution in [3.05, 3.63) is 29.5 Å². The lowest BCUT2D eigenvalue weighted by Crippen LogP contribution is -2.06. The van der Waals surface area contributed by atoms with Crippen LogP contribution in [0.2, 0.25) is 0 Å². The van der Waals surface area contributed by atoms with Gasteiger partial charge in [-0.05, 0) is 32.9 Å². The lowest BCUT2D eigenvalue weighted by Gasteiger charge is -2.12. The molecule has 112 valence electrons. The summed E-state index contributed by atoms with van der Waals surface area (Å²) in [7, 11) is 3.26. The van der Waals surface area contributed by atoms with Crippen molar-refractivity contribution < 1.29 is 9.47 Å². The molecule has 1 aromatic carbocycles. The third-order valence-corrected chi connectivity index (χ3v) is 3.34. The molecule has 0 aliphatic heterocycles. The third-order valence-electron chi connectivity index (χ3n) is 3.34. The van der Waals surface area contributed by atoms with Gasteiger partial charge in [-0.25, -0.2) is 9.97 Å². The Morgan fingerprint density at radius 3 is 2.14 bits per heavy atom. The predicted octanol–water partition coefficient (Wildman–Crippen LogP) is 3.21. The molecule has 0 atom stereocenters. The average molecular weight is 287 g/mol. The summed E-state index contributed by atoms with van der Waals surface area (Å²) in [5, 5.41) is 3.27. The molecule has 0 fully saturated rings. The van der Waals surface area contributed by atoms with Gasteiger partial charge in [0.15, 0.2) is 5.82 Å². The molecule has 0 unspecified atom stereocenters. The molecule has 0 spiro atoms. The van der Waals surface area contributed by atoms with E-state index >= 15 is 0 Å². The Morgan fingerprint density at radius 1 is 1.00 bits per heavy atom. The predicted molar refractivity (Wildman–Crippen MR) is 84.2 cm³/mol. The van der Waals surface area contributed by atoms with E-state index in [0.717, 1.165) is 40.7 Å². The standard InChI is InChI=1S/C16H21N3O2/c1-6-17-15-10(2)11(3)18-16(19-15)12-7-13(20-4)9-14(8-12)21-5/h7-9H,6H2,1-5H3,(H,17,18,19). The van der Waals surface area contributed by atoms with Gasteiger partial charge >= 0.3 is 0 Å². The van der Waals surface area contributed by atoms with Gasteiger partial charge in [0.1, 0.15) is 17.3 Å². The molecule has 1 heterocycles. The summed E-state index contributed by atoms with van der Waals surface area (Å²) >= 11 is 0. The fraction of sp³-hybridized carbons (Fsp3) is 0.375. The summed E-state index contributed by atoms with van der Waals surface area (Å²) in [6.45, 7) is 6.87. The van der Waals surface area contributed by atoms with Crippen molar-refractivity contribution in [3.63, 3.8) is 0 Å². The second kappa shape index (κ2) is 6.43. The minimum absolute atomic E-state index is 0.659. The minimum atomic E-state index is 0.659. The molecule has 0 radical (unpaired) electrons. The molecule has 21 heavy (non-hydrogen) atoms. The molecule has 0 aliphatic rings. The number of rotatable bonds is 5. The number of ether oxygens (including phenoxy) is 2. The smallest absolute Gasteiger partial charge is 0.162 e. The van der Waals surface area contributed by atoms with Gasteiger partial charge in [-0.1, -0.05) is 0 Å². The van der Waals surface area contributed by atoms with Crippen molar-refractivity contribution in [1.82, 2.24) is 9.97 Å². The van der Waals surface area contributed by atoms with Crippen molar-refractivity contribution in [2.75, 3.05) is 26.1 Å². The van der Waals surface area contributed by atoms with Gasteiger partial charge < -0.3 is 14.8 Å². The van der Waals surface area contributed by atoms with E-state index in [1.807, 2.05) is 39.0 Å². The number of anilines is 1. The third kappa shape index (κ3) is 3.24. The highest BCUT2D eigenvalue weighted by molar-refractivity contribution is 5.63. The van der Waals surface area contributed by atoms with E-state index in [1.54, 1.807) is 14.2 Å². The largest absolute Gasteiger partial charge is 0.497 e. The van der Waals surface area contributed by atoms with Gasteiger partial charge in [-0.2, -0.15) is 0 Å². The molecule has 0 amide bonds. The Balaban J connectivity index is 2.55. The van der Waals surface area contributed by atoms with E-state index in [4.69, 9.17) is 9.47 Å². The van der Waals surface area contributed by atoms with Crippen LogP contribution in [-0.4, -0.2) is 30.7 Å². The van der Waals surface area contributed by atoms with E-state index < -0.39 is 0 Å². The van der Waals surface area contributed by atoms with Crippen LogP contribution >= 0.6 is 0 Å². The van der Waals surface area contributed by atoms with Crippen LogP contribution in [0.1, 0.15) is 18.2 Å². The maximum absolute atomic E-state index is 5.30. The van der Waals surface area contributed by atoms with E-state index in [0.29, 0.717) is 5.82 Å². The number of methoxy groups -OCH3 is 2. The molecule has 2 rings (SSSR count). The molecule has 0 bridgehead atoms. The van der Waals surface area contributed by atoms with Crippen molar-refractivity contribution in [2.24, 2.45) is 0 Å². The quantitative estimate of drug-likeness (QED) is 0.915. The molecule has 1 N–H and O–H groups in total. The van der Waals surface area contributed by atoms with Crippen LogP contribution in [0, 0.1) is 13.8 Å². The van der Waals surface area contributed by atoms with Gasteiger partial charge in [-0.15, -0.1) is 0 Å². The second-order valence-corrected chi connectivity index (χ2v) is 4.74. The number of hydrogen-bond acceptors (Lipinski definition) is 5. The van der Waals surface area contributed by atoms with E-state index in [9.17, 15) is 0 Å². The molecule has 0 saturated heterocycles. The monoisotopic (exact) mass is 287 g/mol. The van der Waals surface area contributed by atoms with Gasteiger partial charge in [0.25, 0.3) is 0 Å². The molecular formula is C16H21N3O2. The van der Waals surface area contributed by atoms with E-state index in [1.165, 1.54) is 0 Å². The molecule has 5 heteroatoms. The lowest BCUT2D eigenvalue weighted by atomic mass is 10.1. The normalized spacial score (nSPS) is 10.3. The molecule has 5 nitrogen and oxygen atoms in total. The van der Waals surface area contributed by atoms with Gasteiger partial charge in [0.2, 0.25) is 0 Å². The highest BCUT2D eigenvalue weighted by Crippen LogP contribution is 2.29. The average Bonchev–Trinajstić information content (AvgIpc) is 2.51. The van der Waals surface area contributed by atoms with Gasteiger partial charge in [0, 0.05) is 29.4 Å². The Hall–Kier alpha value is -2.30. The fourth-order valence-electron chi connectivity index (χ4n) is 2.03. The molecule has 1 aromatic heterocycles. The van der Waals surface area contributed by atoms with Crippen LogP contribution in [0.15, 0.2) is 18.2 Å². The Morgan fingerprint density at radius 2 is 1.62 bits per heavy atom. The Labute approximate surface area is 125 Å². The number of benzene rings is 1. The first-order valence-electron chi connectivity index (χ1n) is 6.91. The lowest BCUT2D eigenvalue weighted by molar-refractivity contribution is 0.394. The first-order chi connectivity index (χ1) is 10.1. The van der Waals surface area contributed by atoms with Crippen LogP contribution in [0.3, 0.4) is 0 Å². The zero-order valence-corrected chi connectivity index (χ0v) is 13.2. The Kier molecular flexibility index (Phi) is 4.62. The maximum atomic E-state index is 5.30. The number of nitrogens with one attached hydrogen (secondary N) is 1. The highest BCUT2D eigenvalue weighted by Gasteiger charge is 2.11. The second-order valence-electron chi connectivity index (χ2n) is 4.74. The highest BCUT2D eigenvalue weighted by atomic mass is 16.5. The van der Waals surface area contributed by atoms with E-state index in [2.05, 4.69) is 15.3 Å². The van der Waals surface area contributed by atoms with Crippen molar-refractivity contribution in [1.29, 1.82) is 0 Å². The summed E-state index contributed by atoms with van der Waals surface area (Å²) in [5.41, 5.74) is 2.89. The topological polar surface area (TPSA) is 56.3 Å². The summed E-state index contributed by atoms with van der Waals surface area (Å²) in [5.74, 6) is 2.96. The fourth-order valence-corrected chi connectivity index (χ4v) is 2.03. The van der Waals surface area contributed by atoms with Crippen LogP contribution in [0.25, 0.3) is 11.4 Å². The van der Waals surface area contributed by atoms with E-state index in [-0.39, 0.29) is 0 Å².